The number of piperidine rings is 1. The molecule has 0 bridgehead atoms. The van der Waals surface area contributed by atoms with E-state index in [1.807, 2.05) is 11.0 Å². The molecule has 112 valence electrons. The first-order chi connectivity index (χ1) is 10.3. The van der Waals surface area contributed by atoms with Crippen LogP contribution in [0.1, 0.15) is 36.8 Å². The highest BCUT2D eigenvalue weighted by molar-refractivity contribution is 5.92. The lowest BCUT2D eigenvalue weighted by atomic mass is 10.0. The first-order valence-electron chi connectivity index (χ1n) is 7.87. The maximum Gasteiger partial charge on any atom is 0.238 e. The van der Waals surface area contributed by atoms with Crippen LogP contribution in [-0.2, 0) is 22.4 Å². The third kappa shape index (κ3) is 3.32. The molecule has 0 aromatic heterocycles. The predicted molar refractivity (Wildman–Crippen MR) is 82.4 cm³/mol. The second-order valence-electron chi connectivity index (χ2n) is 6.05. The lowest BCUT2D eigenvalue weighted by Crippen LogP contribution is -2.44. The second-order valence-corrected chi connectivity index (χ2v) is 6.05. The highest BCUT2D eigenvalue weighted by Crippen LogP contribution is 2.25. The lowest BCUT2D eigenvalue weighted by molar-refractivity contribution is -0.120. The molecule has 2 aliphatic rings. The maximum absolute atomic E-state index is 12.2. The van der Waals surface area contributed by atoms with Gasteiger partial charge in [0, 0.05) is 5.69 Å². The van der Waals surface area contributed by atoms with Crippen molar-refractivity contribution in [1.82, 2.24) is 4.90 Å². The van der Waals surface area contributed by atoms with Crippen LogP contribution in [0.4, 0.5) is 5.69 Å². The molecule has 3 rings (SSSR count). The number of hydrogen-bond donors (Lipinski definition) is 1. The Kier molecular flexibility index (Phi) is 4.34. The average Bonchev–Trinajstić information content (AvgIpc) is 2.95. The van der Waals surface area contributed by atoms with Crippen molar-refractivity contribution in [2.45, 2.75) is 44.6 Å². The zero-order valence-electron chi connectivity index (χ0n) is 12.3. The Morgan fingerprint density at radius 2 is 2.10 bits per heavy atom. The molecule has 1 N–H and O–H groups in total. The summed E-state index contributed by atoms with van der Waals surface area (Å²) in [5.74, 6) is -0.0262. The number of fused-ring (bicyclic) bond motifs is 1. The number of nitrogens with zero attached hydrogens (tertiary/aromatic N) is 1. The number of carbonyl (C=O) groups is 2. The summed E-state index contributed by atoms with van der Waals surface area (Å²) < 4.78 is 0. The summed E-state index contributed by atoms with van der Waals surface area (Å²) in [5, 5.41) is 2.97. The number of aryl methyl sites for hydroxylation is 2. The molecule has 4 nitrogen and oxygen atoms in total. The minimum atomic E-state index is -0.0930. The summed E-state index contributed by atoms with van der Waals surface area (Å²) >= 11 is 0. The fourth-order valence-electron chi connectivity index (χ4n) is 3.40. The van der Waals surface area contributed by atoms with Crippen LogP contribution in [0, 0.1) is 0 Å². The number of nitrogens with one attached hydrogen (secondary N) is 1. The van der Waals surface area contributed by atoms with Gasteiger partial charge in [-0.1, -0.05) is 12.5 Å². The molecular formula is C17H22N2O2. The van der Waals surface area contributed by atoms with Gasteiger partial charge < -0.3 is 10.1 Å². The summed E-state index contributed by atoms with van der Waals surface area (Å²) in [6.07, 6.45) is 7.46. The predicted octanol–water partition coefficient (Wildman–Crippen LogP) is 2.17. The van der Waals surface area contributed by atoms with E-state index in [0.29, 0.717) is 6.54 Å². The van der Waals surface area contributed by atoms with Crippen molar-refractivity contribution in [3.63, 3.8) is 0 Å². The van der Waals surface area contributed by atoms with Gasteiger partial charge >= 0.3 is 0 Å². The number of rotatable bonds is 4. The molecule has 1 amide bonds. The number of amides is 1. The van der Waals surface area contributed by atoms with E-state index in [1.165, 1.54) is 17.5 Å². The van der Waals surface area contributed by atoms with Gasteiger partial charge in [0.2, 0.25) is 5.91 Å². The average molecular weight is 286 g/mol. The van der Waals surface area contributed by atoms with E-state index in [-0.39, 0.29) is 11.9 Å². The van der Waals surface area contributed by atoms with Crippen LogP contribution in [-0.4, -0.2) is 36.2 Å². The fourth-order valence-corrected chi connectivity index (χ4v) is 3.40. The van der Waals surface area contributed by atoms with Crippen molar-refractivity contribution in [2.75, 3.05) is 18.4 Å². The molecule has 1 aromatic rings. The first-order valence-corrected chi connectivity index (χ1v) is 7.87. The van der Waals surface area contributed by atoms with Gasteiger partial charge in [0.25, 0.3) is 0 Å². The lowest BCUT2D eigenvalue weighted by Gasteiger charge is -2.31. The Morgan fingerprint density at radius 3 is 2.95 bits per heavy atom. The molecule has 1 heterocycles. The van der Waals surface area contributed by atoms with Gasteiger partial charge in [0.1, 0.15) is 6.29 Å². The third-order valence-electron chi connectivity index (χ3n) is 4.55. The first kappa shape index (κ1) is 14.3. The number of benzene rings is 1. The normalized spacial score (nSPS) is 21.8. The highest BCUT2D eigenvalue weighted by Gasteiger charge is 2.23. The van der Waals surface area contributed by atoms with E-state index in [4.69, 9.17) is 0 Å². The van der Waals surface area contributed by atoms with E-state index in [2.05, 4.69) is 17.4 Å². The number of anilines is 1. The summed E-state index contributed by atoms with van der Waals surface area (Å²) in [4.78, 5) is 25.2. The molecule has 1 aliphatic heterocycles. The Morgan fingerprint density at radius 1 is 1.24 bits per heavy atom. The van der Waals surface area contributed by atoms with Crippen LogP contribution in [0.2, 0.25) is 0 Å². The molecule has 1 aromatic carbocycles. The Hall–Kier alpha value is -1.68. The van der Waals surface area contributed by atoms with Crippen molar-refractivity contribution in [2.24, 2.45) is 0 Å². The Bertz CT molecular complexity index is 542. The van der Waals surface area contributed by atoms with E-state index in [0.717, 1.165) is 50.6 Å². The van der Waals surface area contributed by atoms with Crippen LogP contribution in [0.3, 0.4) is 0 Å². The smallest absolute Gasteiger partial charge is 0.238 e. The Labute approximate surface area is 125 Å². The van der Waals surface area contributed by atoms with Crippen LogP contribution in [0.25, 0.3) is 0 Å². The van der Waals surface area contributed by atoms with Crippen molar-refractivity contribution in [1.29, 1.82) is 0 Å². The van der Waals surface area contributed by atoms with Crippen LogP contribution in [0.15, 0.2) is 18.2 Å². The van der Waals surface area contributed by atoms with Gasteiger partial charge in [-0.3, -0.25) is 9.69 Å². The van der Waals surface area contributed by atoms with Crippen molar-refractivity contribution in [3.05, 3.63) is 29.3 Å². The molecule has 21 heavy (non-hydrogen) atoms. The summed E-state index contributed by atoms with van der Waals surface area (Å²) in [6, 6.07) is 6.10. The van der Waals surface area contributed by atoms with Gasteiger partial charge in [-0.25, -0.2) is 0 Å². The third-order valence-corrected chi connectivity index (χ3v) is 4.55. The largest absolute Gasteiger partial charge is 0.325 e. The number of likely N-dealkylation sites (tertiary alicyclic amines) is 1. The molecule has 0 saturated carbocycles. The standard InChI is InChI=1S/C17H22N2O2/c20-12-16-6-1-2-9-19(16)11-17(21)18-15-8-7-13-4-3-5-14(13)10-15/h7-8,10,12,16H,1-6,9,11H2,(H,18,21). The van der Waals surface area contributed by atoms with Gasteiger partial charge in [-0.05, 0) is 61.9 Å². The number of aldehydes is 1. The van der Waals surface area contributed by atoms with E-state index < -0.39 is 0 Å². The van der Waals surface area contributed by atoms with Gasteiger partial charge in [-0.2, -0.15) is 0 Å². The van der Waals surface area contributed by atoms with Crippen LogP contribution in [0.5, 0.6) is 0 Å². The SMILES string of the molecule is O=CC1CCCCN1CC(=O)Nc1ccc2c(c1)CCC2. The molecule has 4 heteroatoms. The molecule has 1 atom stereocenters. The van der Waals surface area contributed by atoms with E-state index >= 15 is 0 Å². The monoisotopic (exact) mass is 286 g/mol. The van der Waals surface area contributed by atoms with Crippen LogP contribution < -0.4 is 5.32 Å². The molecule has 1 aliphatic carbocycles. The van der Waals surface area contributed by atoms with E-state index in [1.54, 1.807) is 0 Å². The van der Waals surface area contributed by atoms with Gasteiger partial charge in [0.05, 0.1) is 12.6 Å². The molecule has 1 saturated heterocycles. The molecule has 0 radical (unpaired) electrons. The second kappa shape index (κ2) is 6.39. The molecule has 1 fully saturated rings. The molecule has 0 spiro atoms. The van der Waals surface area contributed by atoms with Gasteiger partial charge in [0.15, 0.2) is 0 Å². The van der Waals surface area contributed by atoms with Crippen molar-refractivity contribution < 1.29 is 9.59 Å². The van der Waals surface area contributed by atoms with Crippen molar-refractivity contribution >= 4 is 17.9 Å². The van der Waals surface area contributed by atoms with Crippen LogP contribution >= 0.6 is 0 Å². The minimum absolute atomic E-state index is 0.0262. The number of hydrogen-bond acceptors (Lipinski definition) is 3. The van der Waals surface area contributed by atoms with Crippen molar-refractivity contribution in [3.8, 4) is 0 Å². The number of carbonyl (C=O) groups excluding carboxylic acids is 2. The summed E-state index contributed by atoms with van der Waals surface area (Å²) in [5.41, 5.74) is 3.64. The fraction of sp³-hybridized carbons (Fsp3) is 0.529. The maximum atomic E-state index is 12.2. The highest BCUT2D eigenvalue weighted by atomic mass is 16.2. The van der Waals surface area contributed by atoms with E-state index in [9.17, 15) is 9.59 Å². The zero-order valence-corrected chi connectivity index (χ0v) is 12.3. The summed E-state index contributed by atoms with van der Waals surface area (Å²) in [7, 11) is 0. The quantitative estimate of drug-likeness (QED) is 0.863. The molecular weight excluding hydrogens is 264 g/mol. The topological polar surface area (TPSA) is 49.4 Å². The zero-order chi connectivity index (χ0) is 14.7. The Balaban J connectivity index is 1.59. The van der Waals surface area contributed by atoms with Gasteiger partial charge in [-0.15, -0.1) is 0 Å². The molecule has 1 unspecified atom stereocenters. The summed E-state index contributed by atoms with van der Waals surface area (Å²) in [6.45, 7) is 1.14. The minimum Gasteiger partial charge on any atom is -0.325 e.